The molecule has 1 unspecified atom stereocenters. The molecule has 0 bridgehead atoms. The second kappa shape index (κ2) is 9.97. The molecule has 0 saturated carbocycles. The molecule has 1 fully saturated rings. The van der Waals surface area contributed by atoms with Gasteiger partial charge in [-0.25, -0.2) is 0 Å². The van der Waals surface area contributed by atoms with E-state index in [1.165, 1.54) is 11.1 Å². The van der Waals surface area contributed by atoms with Crippen LogP contribution in [0.2, 0.25) is 0 Å². The number of methoxy groups -OCH3 is 1. The van der Waals surface area contributed by atoms with Crippen LogP contribution in [0.4, 0.5) is 5.69 Å². The van der Waals surface area contributed by atoms with Crippen molar-refractivity contribution < 1.29 is 4.74 Å². The molecule has 0 aliphatic carbocycles. The van der Waals surface area contributed by atoms with E-state index in [1.807, 2.05) is 31.6 Å². The van der Waals surface area contributed by atoms with Crippen molar-refractivity contribution in [2.75, 3.05) is 38.7 Å². The van der Waals surface area contributed by atoms with Crippen molar-refractivity contribution in [3.8, 4) is 5.75 Å². The summed E-state index contributed by atoms with van der Waals surface area (Å²) in [7, 11) is 3.56. The highest BCUT2D eigenvalue weighted by molar-refractivity contribution is 5.80. The van der Waals surface area contributed by atoms with E-state index in [4.69, 9.17) is 4.74 Å². The Hall–Kier alpha value is -2.76. The van der Waals surface area contributed by atoms with Crippen LogP contribution in [-0.4, -0.2) is 50.8 Å². The van der Waals surface area contributed by atoms with E-state index < -0.39 is 0 Å². The van der Waals surface area contributed by atoms with Crippen LogP contribution in [-0.2, 0) is 6.42 Å². The number of aliphatic imine (C=N–C) groups is 1. The fourth-order valence-electron chi connectivity index (χ4n) is 3.69. The van der Waals surface area contributed by atoms with Gasteiger partial charge < -0.3 is 20.3 Å². The number of aromatic nitrogens is 1. The van der Waals surface area contributed by atoms with Gasteiger partial charge in [0.1, 0.15) is 5.75 Å². The summed E-state index contributed by atoms with van der Waals surface area (Å²) >= 11 is 0. The van der Waals surface area contributed by atoms with E-state index in [1.54, 1.807) is 7.11 Å². The van der Waals surface area contributed by atoms with Gasteiger partial charge in [-0.1, -0.05) is 12.1 Å². The van der Waals surface area contributed by atoms with Gasteiger partial charge in [-0.2, -0.15) is 0 Å². The van der Waals surface area contributed by atoms with Crippen molar-refractivity contribution in [1.29, 1.82) is 0 Å². The van der Waals surface area contributed by atoms with Crippen LogP contribution in [0.25, 0.3) is 0 Å². The van der Waals surface area contributed by atoms with Crippen molar-refractivity contribution >= 4 is 11.6 Å². The molecule has 28 heavy (non-hydrogen) atoms. The predicted molar refractivity (Wildman–Crippen MR) is 115 cm³/mol. The summed E-state index contributed by atoms with van der Waals surface area (Å²) in [6, 6.07) is 10.7. The number of nitrogens with one attached hydrogen (secondary N) is 2. The second-order valence-electron chi connectivity index (χ2n) is 7.15. The molecule has 1 atom stereocenters. The smallest absolute Gasteiger partial charge is 0.191 e. The molecule has 2 aromatic rings. The third-order valence-electron chi connectivity index (χ3n) is 5.23. The van der Waals surface area contributed by atoms with E-state index in [9.17, 15) is 0 Å². The standard InChI is InChI=1S/C22H31N5O/c1-17-15-24-12-10-18(17)11-13-25-22(23-2)26-19-7-6-14-27(16-19)20-8-4-5-9-21(20)28-3/h4-5,8-10,12,15,19H,6-7,11,13-14,16H2,1-3H3,(H2,23,25,26). The third kappa shape index (κ3) is 5.15. The number of pyridine rings is 1. The normalized spacial score (nSPS) is 17.3. The average Bonchev–Trinajstić information content (AvgIpc) is 2.74. The minimum atomic E-state index is 0.354. The van der Waals surface area contributed by atoms with Crippen LogP contribution in [0.15, 0.2) is 47.7 Å². The van der Waals surface area contributed by atoms with Crippen molar-refractivity contribution in [3.05, 3.63) is 53.9 Å². The maximum atomic E-state index is 5.54. The van der Waals surface area contributed by atoms with Crippen LogP contribution in [0, 0.1) is 6.92 Å². The first-order valence-electron chi connectivity index (χ1n) is 9.96. The molecule has 1 aliphatic rings. The van der Waals surface area contributed by atoms with Gasteiger partial charge >= 0.3 is 0 Å². The van der Waals surface area contributed by atoms with Crippen LogP contribution >= 0.6 is 0 Å². The lowest BCUT2D eigenvalue weighted by atomic mass is 10.0. The molecule has 0 radical (unpaired) electrons. The van der Waals surface area contributed by atoms with E-state index in [2.05, 4.69) is 50.6 Å². The highest BCUT2D eigenvalue weighted by Crippen LogP contribution is 2.29. The highest BCUT2D eigenvalue weighted by Gasteiger charge is 2.22. The summed E-state index contributed by atoms with van der Waals surface area (Å²) in [6.45, 7) is 4.92. The summed E-state index contributed by atoms with van der Waals surface area (Å²) < 4.78 is 5.54. The van der Waals surface area contributed by atoms with Crippen LogP contribution < -0.4 is 20.3 Å². The van der Waals surface area contributed by atoms with Gasteiger partial charge in [0.25, 0.3) is 0 Å². The molecule has 6 heteroatoms. The number of benzene rings is 1. The first-order valence-corrected chi connectivity index (χ1v) is 9.96. The number of guanidine groups is 1. The molecular weight excluding hydrogens is 350 g/mol. The van der Waals surface area contributed by atoms with Crippen molar-refractivity contribution in [3.63, 3.8) is 0 Å². The van der Waals surface area contributed by atoms with Crippen LogP contribution in [0.1, 0.15) is 24.0 Å². The quantitative estimate of drug-likeness (QED) is 0.595. The lowest BCUT2D eigenvalue weighted by Crippen LogP contribution is -2.51. The Bertz CT molecular complexity index is 792. The maximum absolute atomic E-state index is 5.54. The minimum Gasteiger partial charge on any atom is -0.495 e. The van der Waals surface area contributed by atoms with Gasteiger partial charge in [0.2, 0.25) is 0 Å². The van der Waals surface area contributed by atoms with Gasteiger partial charge in [-0.3, -0.25) is 9.98 Å². The number of ether oxygens (including phenoxy) is 1. The molecule has 150 valence electrons. The Labute approximate surface area is 168 Å². The topological polar surface area (TPSA) is 61.8 Å². The molecule has 0 spiro atoms. The zero-order chi connectivity index (χ0) is 19.8. The summed E-state index contributed by atoms with van der Waals surface area (Å²) in [6.07, 6.45) is 6.99. The maximum Gasteiger partial charge on any atom is 0.191 e. The Kier molecular flexibility index (Phi) is 7.12. The molecule has 1 aliphatic heterocycles. The van der Waals surface area contributed by atoms with E-state index in [0.717, 1.165) is 56.3 Å². The van der Waals surface area contributed by atoms with E-state index in [-0.39, 0.29) is 0 Å². The van der Waals surface area contributed by atoms with Gasteiger partial charge in [-0.15, -0.1) is 0 Å². The van der Waals surface area contributed by atoms with Crippen LogP contribution in [0.3, 0.4) is 0 Å². The number of anilines is 1. The molecule has 0 amide bonds. The molecule has 1 aromatic heterocycles. The van der Waals surface area contributed by atoms with E-state index in [0.29, 0.717) is 6.04 Å². The van der Waals surface area contributed by atoms with E-state index >= 15 is 0 Å². The van der Waals surface area contributed by atoms with Crippen molar-refractivity contribution in [2.45, 2.75) is 32.2 Å². The molecule has 1 aromatic carbocycles. The molecule has 3 rings (SSSR count). The van der Waals surface area contributed by atoms with Gasteiger partial charge in [0, 0.05) is 45.1 Å². The minimum absolute atomic E-state index is 0.354. The summed E-state index contributed by atoms with van der Waals surface area (Å²) in [4.78, 5) is 11.0. The lowest BCUT2D eigenvalue weighted by molar-refractivity contribution is 0.408. The number of para-hydroxylation sites is 2. The van der Waals surface area contributed by atoms with Crippen molar-refractivity contribution in [1.82, 2.24) is 15.6 Å². The highest BCUT2D eigenvalue weighted by atomic mass is 16.5. The zero-order valence-electron chi connectivity index (χ0n) is 17.1. The van der Waals surface area contributed by atoms with Crippen molar-refractivity contribution in [2.24, 2.45) is 4.99 Å². The first-order chi connectivity index (χ1) is 13.7. The lowest BCUT2D eigenvalue weighted by Gasteiger charge is -2.36. The summed E-state index contributed by atoms with van der Waals surface area (Å²) in [5, 5.41) is 7.03. The zero-order valence-corrected chi connectivity index (χ0v) is 17.1. The molecule has 2 heterocycles. The molecule has 2 N–H and O–H groups in total. The number of aryl methyl sites for hydroxylation is 1. The van der Waals surface area contributed by atoms with Gasteiger partial charge in [0.15, 0.2) is 5.96 Å². The number of hydrogen-bond acceptors (Lipinski definition) is 4. The third-order valence-corrected chi connectivity index (χ3v) is 5.23. The Morgan fingerprint density at radius 3 is 2.96 bits per heavy atom. The first kappa shape index (κ1) is 20.0. The monoisotopic (exact) mass is 381 g/mol. The summed E-state index contributed by atoms with van der Waals surface area (Å²) in [5.41, 5.74) is 3.71. The SMILES string of the molecule is CN=C(NCCc1ccncc1C)NC1CCCN(c2ccccc2OC)C1. The second-order valence-corrected chi connectivity index (χ2v) is 7.15. The van der Waals surface area contributed by atoms with Gasteiger partial charge in [0.05, 0.1) is 12.8 Å². The molecule has 6 nitrogen and oxygen atoms in total. The summed E-state index contributed by atoms with van der Waals surface area (Å²) in [5.74, 6) is 1.79. The number of rotatable bonds is 6. The number of hydrogen-bond donors (Lipinski definition) is 2. The number of nitrogens with zero attached hydrogens (tertiary/aromatic N) is 3. The predicted octanol–water partition coefficient (Wildman–Crippen LogP) is 2.78. The fourth-order valence-corrected chi connectivity index (χ4v) is 3.69. The Balaban J connectivity index is 1.53. The molecular formula is C22H31N5O. The molecule has 1 saturated heterocycles. The largest absolute Gasteiger partial charge is 0.495 e. The average molecular weight is 382 g/mol. The number of piperidine rings is 1. The Morgan fingerprint density at radius 1 is 1.32 bits per heavy atom. The Morgan fingerprint density at radius 2 is 2.18 bits per heavy atom. The van der Waals surface area contributed by atoms with Crippen LogP contribution in [0.5, 0.6) is 5.75 Å². The fraction of sp³-hybridized carbons (Fsp3) is 0.455. The van der Waals surface area contributed by atoms with Gasteiger partial charge in [-0.05, 0) is 55.5 Å².